The number of allylic oxidation sites excluding steroid dienone is 3. The minimum absolute atomic E-state index is 0.00273. The smallest absolute Gasteiger partial charge is 0.176 e. The standard InChI is InChI=1S/C14H13NO3/c15-17-13-9-5-1-3-7-11(9)14(18-16)12-8-4-2-6-10(12)13/h1-5,7-8,10,16H,6,15H2. The van der Waals surface area contributed by atoms with Gasteiger partial charge in [-0.1, -0.05) is 42.5 Å². The molecule has 92 valence electrons. The molecule has 4 heteroatoms. The molecule has 0 bridgehead atoms. The van der Waals surface area contributed by atoms with Gasteiger partial charge in [-0.25, -0.2) is 5.26 Å². The number of hydrogen-bond donors (Lipinski definition) is 2. The predicted octanol–water partition coefficient (Wildman–Crippen LogP) is 0.799. The van der Waals surface area contributed by atoms with Gasteiger partial charge in [-0.15, -0.1) is 0 Å². The summed E-state index contributed by atoms with van der Waals surface area (Å²) >= 11 is 0. The maximum absolute atomic E-state index is 9.15. The molecular formula is C14H13NO3. The van der Waals surface area contributed by atoms with Crippen LogP contribution in [0.4, 0.5) is 0 Å². The van der Waals surface area contributed by atoms with Crippen LogP contribution < -0.4 is 16.3 Å². The van der Waals surface area contributed by atoms with Crippen LogP contribution in [0.15, 0.2) is 48.1 Å². The Hall–Kier alpha value is -2.04. The molecule has 1 atom stereocenters. The van der Waals surface area contributed by atoms with Crippen molar-refractivity contribution in [2.45, 2.75) is 6.42 Å². The molecule has 4 nitrogen and oxygen atoms in total. The van der Waals surface area contributed by atoms with Gasteiger partial charge in [-0.05, 0) is 6.42 Å². The van der Waals surface area contributed by atoms with Crippen molar-refractivity contribution in [2.75, 3.05) is 0 Å². The SMILES string of the molecule is NOC1=c2ccccc2=C(OO)C2=CC=CCC21. The fourth-order valence-corrected chi connectivity index (χ4v) is 2.60. The maximum atomic E-state index is 9.15. The summed E-state index contributed by atoms with van der Waals surface area (Å²) in [5.41, 5.74) is 0.888. The molecule has 18 heavy (non-hydrogen) atoms. The lowest BCUT2D eigenvalue weighted by molar-refractivity contribution is -0.171. The van der Waals surface area contributed by atoms with E-state index in [1.807, 2.05) is 42.5 Å². The van der Waals surface area contributed by atoms with Gasteiger partial charge in [0.05, 0.1) is 5.92 Å². The average molecular weight is 243 g/mol. The second-order valence-electron chi connectivity index (χ2n) is 4.29. The molecule has 0 saturated heterocycles. The lowest BCUT2D eigenvalue weighted by Crippen LogP contribution is -2.39. The Morgan fingerprint density at radius 1 is 1.22 bits per heavy atom. The van der Waals surface area contributed by atoms with Gasteiger partial charge in [0.2, 0.25) is 0 Å². The Balaban J connectivity index is 2.43. The van der Waals surface area contributed by atoms with E-state index in [0.717, 1.165) is 22.4 Å². The Kier molecular flexibility index (Phi) is 2.66. The van der Waals surface area contributed by atoms with Gasteiger partial charge in [0, 0.05) is 16.0 Å². The van der Waals surface area contributed by atoms with E-state index in [1.54, 1.807) is 0 Å². The Morgan fingerprint density at radius 3 is 2.72 bits per heavy atom. The average Bonchev–Trinajstić information content (AvgIpc) is 2.44. The molecule has 2 aliphatic rings. The monoisotopic (exact) mass is 243 g/mol. The Bertz CT molecular complexity index is 658. The van der Waals surface area contributed by atoms with Crippen LogP contribution in [-0.4, -0.2) is 5.26 Å². The zero-order chi connectivity index (χ0) is 12.5. The third kappa shape index (κ3) is 1.47. The van der Waals surface area contributed by atoms with Crippen LogP contribution in [0.5, 0.6) is 0 Å². The molecule has 0 heterocycles. The maximum Gasteiger partial charge on any atom is 0.176 e. The highest BCUT2D eigenvalue weighted by molar-refractivity contribution is 5.70. The molecule has 3 rings (SSSR count). The van der Waals surface area contributed by atoms with Gasteiger partial charge < -0.3 is 9.73 Å². The summed E-state index contributed by atoms with van der Waals surface area (Å²) < 4.78 is 0. The minimum Gasteiger partial charge on any atom is -0.415 e. The van der Waals surface area contributed by atoms with Crippen LogP contribution in [-0.2, 0) is 9.73 Å². The van der Waals surface area contributed by atoms with E-state index < -0.39 is 0 Å². The first kappa shape index (κ1) is 11.1. The van der Waals surface area contributed by atoms with Crippen LogP contribution in [0.25, 0.3) is 11.5 Å². The van der Waals surface area contributed by atoms with Crippen molar-refractivity contribution in [1.29, 1.82) is 0 Å². The van der Waals surface area contributed by atoms with E-state index in [9.17, 15) is 0 Å². The molecule has 1 aromatic rings. The minimum atomic E-state index is -0.00273. The van der Waals surface area contributed by atoms with Gasteiger partial charge in [-0.3, -0.25) is 0 Å². The Labute approximate surface area is 104 Å². The van der Waals surface area contributed by atoms with Crippen molar-refractivity contribution in [3.05, 3.63) is 58.5 Å². The highest BCUT2D eigenvalue weighted by Gasteiger charge is 2.30. The molecule has 3 N–H and O–H groups in total. The third-order valence-corrected chi connectivity index (χ3v) is 3.39. The molecule has 0 saturated carbocycles. The lowest BCUT2D eigenvalue weighted by Gasteiger charge is -2.26. The molecule has 0 fully saturated rings. The number of rotatable bonds is 2. The highest BCUT2D eigenvalue weighted by atomic mass is 17.1. The van der Waals surface area contributed by atoms with Crippen molar-refractivity contribution in [1.82, 2.24) is 0 Å². The van der Waals surface area contributed by atoms with E-state index in [4.69, 9.17) is 16.0 Å². The van der Waals surface area contributed by atoms with Gasteiger partial charge in [0.25, 0.3) is 0 Å². The molecule has 0 spiro atoms. The van der Waals surface area contributed by atoms with Crippen LogP contribution in [0.1, 0.15) is 6.42 Å². The molecule has 0 aliphatic heterocycles. The van der Waals surface area contributed by atoms with E-state index in [-0.39, 0.29) is 5.92 Å². The quantitative estimate of drug-likeness (QED) is 0.595. The third-order valence-electron chi connectivity index (χ3n) is 3.39. The largest absolute Gasteiger partial charge is 0.415 e. The number of hydrogen-bond acceptors (Lipinski definition) is 4. The molecule has 0 aromatic heterocycles. The van der Waals surface area contributed by atoms with Gasteiger partial charge in [0.1, 0.15) is 5.76 Å². The van der Waals surface area contributed by atoms with Crippen molar-refractivity contribution < 1.29 is 15.0 Å². The van der Waals surface area contributed by atoms with E-state index in [0.29, 0.717) is 11.5 Å². The topological polar surface area (TPSA) is 64.7 Å². The highest BCUT2D eigenvalue weighted by Crippen LogP contribution is 2.34. The van der Waals surface area contributed by atoms with Crippen molar-refractivity contribution >= 4 is 11.5 Å². The number of nitrogens with two attached hydrogens (primary N) is 1. The molecule has 1 aromatic carbocycles. The van der Waals surface area contributed by atoms with Crippen molar-refractivity contribution in [3.63, 3.8) is 0 Å². The summed E-state index contributed by atoms with van der Waals surface area (Å²) in [6.07, 6.45) is 6.66. The first-order valence-corrected chi connectivity index (χ1v) is 5.75. The summed E-state index contributed by atoms with van der Waals surface area (Å²) in [4.78, 5) is 9.66. The zero-order valence-corrected chi connectivity index (χ0v) is 9.67. The van der Waals surface area contributed by atoms with E-state index >= 15 is 0 Å². The normalized spacial score (nSPS) is 21.0. The predicted molar refractivity (Wildman–Crippen MR) is 66.8 cm³/mol. The van der Waals surface area contributed by atoms with E-state index in [1.165, 1.54) is 0 Å². The second kappa shape index (κ2) is 4.33. The van der Waals surface area contributed by atoms with Gasteiger partial charge >= 0.3 is 0 Å². The molecule has 0 radical (unpaired) electrons. The summed E-state index contributed by atoms with van der Waals surface area (Å²) in [7, 11) is 0. The van der Waals surface area contributed by atoms with Crippen LogP contribution in [0.2, 0.25) is 0 Å². The molecule has 2 aliphatic carbocycles. The Morgan fingerprint density at radius 2 is 2.00 bits per heavy atom. The fourth-order valence-electron chi connectivity index (χ4n) is 2.60. The van der Waals surface area contributed by atoms with Crippen molar-refractivity contribution in [2.24, 2.45) is 11.8 Å². The molecule has 0 amide bonds. The van der Waals surface area contributed by atoms with Crippen LogP contribution in [0.3, 0.4) is 0 Å². The molecule has 1 unspecified atom stereocenters. The summed E-state index contributed by atoms with van der Waals surface area (Å²) in [5, 5.41) is 10.8. The summed E-state index contributed by atoms with van der Waals surface area (Å²) in [6, 6.07) is 7.56. The first-order valence-electron chi connectivity index (χ1n) is 5.75. The molecular weight excluding hydrogens is 230 g/mol. The number of benzene rings is 1. The van der Waals surface area contributed by atoms with Gasteiger partial charge in [0.15, 0.2) is 5.76 Å². The summed E-state index contributed by atoms with van der Waals surface area (Å²) in [6.45, 7) is 0. The zero-order valence-electron chi connectivity index (χ0n) is 9.67. The summed E-state index contributed by atoms with van der Waals surface area (Å²) in [5.74, 6) is 6.59. The van der Waals surface area contributed by atoms with Crippen LogP contribution in [0, 0.1) is 5.92 Å². The van der Waals surface area contributed by atoms with Gasteiger partial charge in [-0.2, -0.15) is 5.90 Å². The van der Waals surface area contributed by atoms with Crippen molar-refractivity contribution in [3.8, 4) is 0 Å². The fraction of sp³-hybridized carbons (Fsp3) is 0.143. The lowest BCUT2D eigenvalue weighted by atomic mass is 9.83. The second-order valence-corrected chi connectivity index (χ2v) is 4.29. The van der Waals surface area contributed by atoms with E-state index in [2.05, 4.69) is 4.89 Å². The first-order chi connectivity index (χ1) is 8.86. The van der Waals surface area contributed by atoms with Crippen LogP contribution >= 0.6 is 0 Å². The number of fused-ring (bicyclic) bond motifs is 2.